The van der Waals surface area contributed by atoms with Crippen LogP contribution in [-0.4, -0.2) is 16.5 Å². The van der Waals surface area contributed by atoms with E-state index < -0.39 is 0 Å². The Labute approximate surface area is 102 Å². The topological polar surface area (TPSA) is 30.0 Å². The molecular formula is C13H19NOS. The van der Waals surface area contributed by atoms with E-state index >= 15 is 0 Å². The molecule has 0 aliphatic rings. The van der Waals surface area contributed by atoms with Crippen LogP contribution in [0.1, 0.15) is 38.1 Å². The van der Waals surface area contributed by atoms with E-state index in [1.54, 1.807) is 18.0 Å². The van der Waals surface area contributed by atoms with Gasteiger partial charge in [-0.05, 0) is 18.1 Å². The van der Waals surface area contributed by atoms with Crippen molar-refractivity contribution >= 4 is 17.5 Å². The van der Waals surface area contributed by atoms with Gasteiger partial charge in [0.15, 0.2) is 5.78 Å². The van der Waals surface area contributed by atoms with Crippen molar-refractivity contribution in [3.63, 3.8) is 0 Å². The van der Waals surface area contributed by atoms with Crippen molar-refractivity contribution < 1.29 is 4.79 Å². The first-order chi connectivity index (χ1) is 7.52. The van der Waals surface area contributed by atoms with Crippen LogP contribution >= 0.6 is 11.8 Å². The Morgan fingerprint density at radius 2 is 2.06 bits per heavy atom. The number of rotatable bonds is 5. The summed E-state index contributed by atoms with van der Waals surface area (Å²) in [4.78, 5) is 16.3. The minimum absolute atomic E-state index is 0.0302. The third-order valence-electron chi connectivity index (χ3n) is 2.11. The summed E-state index contributed by atoms with van der Waals surface area (Å²) in [5.41, 5.74) is 0.767. The highest BCUT2D eigenvalue weighted by atomic mass is 32.2. The van der Waals surface area contributed by atoms with Crippen LogP contribution < -0.4 is 0 Å². The molecule has 16 heavy (non-hydrogen) atoms. The highest BCUT2D eigenvalue weighted by Crippen LogP contribution is 2.24. The van der Waals surface area contributed by atoms with Crippen LogP contribution in [0.25, 0.3) is 0 Å². The molecule has 0 saturated heterocycles. The third kappa shape index (κ3) is 3.63. The maximum atomic E-state index is 12.0. The van der Waals surface area contributed by atoms with Gasteiger partial charge in [-0.25, -0.2) is 4.98 Å². The minimum Gasteiger partial charge on any atom is -0.294 e. The molecule has 0 unspecified atom stereocenters. The largest absolute Gasteiger partial charge is 0.294 e. The molecule has 1 rings (SSSR count). The van der Waals surface area contributed by atoms with Crippen LogP contribution in [-0.2, 0) is 0 Å². The average Bonchev–Trinajstić information content (AvgIpc) is 2.25. The van der Waals surface area contributed by atoms with Gasteiger partial charge in [0, 0.05) is 17.9 Å². The molecule has 1 aromatic heterocycles. The van der Waals surface area contributed by atoms with Crippen LogP contribution in [0.3, 0.4) is 0 Å². The second kappa shape index (κ2) is 6.04. The zero-order chi connectivity index (χ0) is 12.1. The van der Waals surface area contributed by atoms with E-state index in [0.29, 0.717) is 5.92 Å². The Kier molecular flexibility index (Phi) is 5.00. The van der Waals surface area contributed by atoms with Gasteiger partial charge < -0.3 is 0 Å². The third-order valence-corrected chi connectivity index (χ3v) is 3.55. The van der Waals surface area contributed by atoms with Gasteiger partial charge in [-0.2, -0.15) is 0 Å². The Morgan fingerprint density at radius 3 is 2.62 bits per heavy atom. The lowest BCUT2D eigenvalue weighted by Crippen LogP contribution is -2.10. The number of aromatic nitrogens is 1. The van der Waals surface area contributed by atoms with E-state index in [1.165, 1.54) is 0 Å². The summed E-state index contributed by atoms with van der Waals surface area (Å²) in [6.07, 6.45) is 1.75. The fourth-order valence-corrected chi connectivity index (χ4v) is 2.20. The van der Waals surface area contributed by atoms with Gasteiger partial charge >= 0.3 is 0 Å². The van der Waals surface area contributed by atoms with Crippen molar-refractivity contribution in [2.24, 2.45) is 11.8 Å². The second-order valence-electron chi connectivity index (χ2n) is 4.58. The molecule has 88 valence electrons. The molecule has 0 atom stereocenters. The number of nitrogens with zero attached hydrogens (tertiary/aromatic N) is 1. The maximum absolute atomic E-state index is 12.0. The van der Waals surface area contributed by atoms with Gasteiger partial charge in [-0.1, -0.05) is 27.7 Å². The Bertz CT molecular complexity index is 361. The zero-order valence-corrected chi connectivity index (χ0v) is 11.2. The van der Waals surface area contributed by atoms with Crippen LogP contribution in [0, 0.1) is 11.8 Å². The maximum Gasteiger partial charge on any atom is 0.168 e. The van der Waals surface area contributed by atoms with Gasteiger partial charge in [-0.15, -0.1) is 11.8 Å². The smallest absolute Gasteiger partial charge is 0.168 e. The summed E-state index contributed by atoms with van der Waals surface area (Å²) in [6, 6.07) is 3.70. The van der Waals surface area contributed by atoms with Gasteiger partial charge in [-0.3, -0.25) is 4.79 Å². The highest BCUT2D eigenvalue weighted by Gasteiger charge is 2.15. The van der Waals surface area contributed by atoms with Crippen molar-refractivity contribution in [3.05, 3.63) is 23.9 Å². The van der Waals surface area contributed by atoms with Crippen molar-refractivity contribution in [1.29, 1.82) is 0 Å². The minimum atomic E-state index is 0.0302. The molecular weight excluding hydrogens is 218 g/mol. The standard InChI is InChI=1S/C13H19NOS/c1-9(2)8-16-13-11(6-5-7-14-13)12(15)10(3)4/h5-7,9-10H,8H2,1-4H3. The number of hydrogen-bond acceptors (Lipinski definition) is 3. The van der Waals surface area contributed by atoms with E-state index in [9.17, 15) is 4.79 Å². The zero-order valence-electron chi connectivity index (χ0n) is 10.4. The van der Waals surface area contributed by atoms with Gasteiger partial charge in [0.25, 0.3) is 0 Å². The van der Waals surface area contributed by atoms with Gasteiger partial charge in [0.05, 0.1) is 5.56 Å². The lowest BCUT2D eigenvalue weighted by atomic mass is 10.0. The molecule has 0 saturated carbocycles. The molecule has 0 aliphatic heterocycles. The van der Waals surface area contributed by atoms with Crippen molar-refractivity contribution in [1.82, 2.24) is 4.98 Å². The monoisotopic (exact) mass is 237 g/mol. The molecule has 0 amide bonds. The molecule has 1 heterocycles. The molecule has 0 aliphatic carbocycles. The Morgan fingerprint density at radius 1 is 1.38 bits per heavy atom. The molecule has 0 spiro atoms. The molecule has 0 aromatic carbocycles. The summed E-state index contributed by atoms with van der Waals surface area (Å²) < 4.78 is 0. The van der Waals surface area contributed by atoms with Crippen molar-refractivity contribution in [3.8, 4) is 0 Å². The van der Waals surface area contributed by atoms with Crippen LogP contribution in [0.4, 0.5) is 0 Å². The van der Waals surface area contributed by atoms with Crippen LogP contribution in [0.5, 0.6) is 0 Å². The first kappa shape index (κ1) is 13.2. The van der Waals surface area contributed by atoms with Crippen molar-refractivity contribution in [2.75, 3.05) is 5.75 Å². The Balaban J connectivity index is 2.87. The lowest BCUT2D eigenvalue weighted by molar-refractivity contribution is 0.0935. The fraction of sp³-hybridized carbons (Fsp3) is 0.538. The number of carbonyl (C=O) groups excluding carboxylic acids is 1. The normalized spacial score (nSPS) is 11.1. The van der Waals surface area contributed by atoms with E-state index in [2.05, 4.69) is 18.8 Å². The summed E-state index contributed by atoms with van der Waals surface area (Å²) in [5, 5.41) is 0.870. The molecule has 3 heteroatoms. The lowest BCUT2D eigenvalue weighted by Gasteiger charge is -2.10. The molecule has 0 bridgehead atoms. The summed E-state index contributed by atoms with van der Waals surface area (Å²) in [5.74, 6) is 1.81. The predicted molar refractivity (Wildman–Crippen MR) is 69.0 cm³/mol. The molecule has 0 fully saturated rings. The van der Waals surface area contributed by atoms with Crippen LogP contribution in [0.2, 0.25) is 0 Å². The number of ketones is 1. The average molecular weight is 237 g/mol. The van der Waals surface area contributed by atoms with E-state index in [-0.39, 0.29) is 11.7 Å². The first-order valence-corrected chi connectivity index (χ1v) is 6.63. The highest BCUT2D eigenvalue weighted by molar-refractivity contribution is 7.99. The molecule has 0 radical (unpaired) electrons. The first-order valence-electron chi connectivity index (χ1n) is 5.64. The quantitative estimate of drug-likeness (QED) is 0.578. The number of carbonyl (C=O) groups is 1. The number of Topliss-reactive ketones (excluding diaryl/α,β-unsaturated/α-hetero) is 1. The number of pyridine rings is 1. The summed E-state index contributed by atoms with van der Waals surface area (Å²) in [6.45, 7) is 8.18. The summed E-state index contributed by atoms with van der Waals surface area (Å²) in [7, 11) is 0. The summed E-state index contributed by atoms with van der Waals surface area (Å²) >= 11 is 1.67. The Hall–Kier alpha value is -0.830. The van der Waals surface area contributed by atoms with E-state index in [4.69, 9.17) is 0 Å². The molecule has 1 aromatic rings. The fourth-order valence-electron chi connectivity index (χ4n) is 1.25. The van der Waals surface area contributed by atoms with Gasteiger partial charge in [0.2, 0.25) is 0 Å². The SMILES string of the molecule is CC(C)CSc1ncccc1C(=O)C(C)C. The molecule has 0 N–H and O–H groups in total. The van der Waals surface area contributed by atoms with Crippen LogP contribution in [0.15, 0.2) is 23.4 Å². The second-order valence-corrected chi connectivity index (χ2v) is 5.59. The number of hydrogen-bond donors (Lipinski definition) is 0. The van der Waals surface area contributed by atoms with E-state index in [0.717, 1.165) is 16.3 Å². The number of thioether (sulfide) groups is 1. The van der Waals surface area contributed by atoms with Crippen molar-refractivity contribution in [2.45, 2.75) is 32.7 Å². The van der Waals surface area contributed by atoms with E-state index in [1.807, 2.05) is 26.0 Å². The molecule has 2 nitrogen and oxygen atoms in total. The predicted octanol–water partition coefficient (Wildman–Crippen LogP) is 3.67. The van der Waals surface area contributed by atoms with Gasteiger partial charge in [0.1, 0.15) is 5.03 Å².